The maximum absolute atomic E-state index is 12.8. The Labute approximate surface area is 216 Å². The first-order valence-electron chi connectivity index (χ1n) is 13.0. The smallest absolute Gasteiger partial charge is 0.410 e. The third-order valence-electron chi connectivity index (χ3n) is 7.60. The van der Waals surface area contributed by atoms with Gasteiger partial charge in [-0.15, -0.1) is 10.2 Å². The lowest BCUT2D eigenvalue weighted by Gasteiger charge is -2.42. The predicted octanol–water partition coefficient (Wildman–Crippen LogP) is 5.18. The number of H-pyrrole nitrogens is 1. The SMILES string of the molecule is CN(c1ccc(-c2ccc(-n3cccn3)c3cc[nH]c23)nn1)C1CC2CCC(C1)N2C(=O)OC(C)(C)C. The fraction of sp³-hybridized carbons (Fsp3) is 0.429. The molecule has 2 fully saturated rings. The average molecular weight is 500 g/mol. The van der Waals surface area contributed by atoms with E-state index in [4.69, 9.17) is 4.74 Å². The zero-order valence-electron chi connectivity index (χ0n) is 21.8. The van der Waals surface area contributed by atoms with Crippen molar-refractivity contribution in [3.8, 4) is 16.9 Å². The van der Waals surface area contributed by atoms with E-state index in [0.717, 1.165) is 59.3 Å². The number of nitrogens with one attached hydrogen (secondary N) is 1. The highest BCUT2D eigenvalue weighted by Gasteiger charge is 2.45. The van der Waals surface area contributed by atoms with E-state index in [-0.39, 0.29) is 18.2 Å². The summed E-state index contributed by atoms with van der Waals surface area (Å²) in [6.07, 6.45) is 9.35. The second kappa shape index (κ2) is 8.90. The first kappa shape index (κ1) is 23.5. The number of benzene rings is 1. The Morgan fingerprint density at radius 2 is 1.86 bits per heavy atom. The Bertz CT molecular complexity index is 1390. The Kier molecular flexibility index (Phi) is 5.66. The summed E-state index contributed by atoms with van der Waals surface area (Å²) in [6, 6.07) is 12.9. The van der Waals surface area contributed by atoms with Crippen molar-refractivity contribution < 1.29 is 9.53 Å². The van der Waals surface area contributed by atoms with Gasteiger partial charge in [0, 0.05) is 54.7 Å². The standard InChI is InChI=1S/C28H33N7O2/c1-28(2,3)37-27(36)35-18-6-7-19(35)17-20(16-18)33(4)25-11-9-23(31-32-25)21-8-10-24(34-15-5-13-30-34)22-12-14-29-26(21)22/h5,8-15,18-20,29H,6-7,16-17H2,1-4H3. The number of ether oxygens (including phenoxy) is 1. The van der Waals surface area contributed by atoms with Gasteiger partial charge in [-0.25, -0.2) is 9.48 Å². The maximum Gasteiger partial charge on any atom is 0.410 e. The zero-order valence-corrected chi connectivity index (χ0v) is 21.8. The molecule has 0 spiro atoms. The molecule has 0 aliphatic carbocycles. The lowest BCUT2D eigenvalue weighted by atomic mass is 9.96. The summed E-state index contributed by atoms with van der Waals surface area (Å²) in [6.45, 7) is 5.76. The van der Waals surface area contributed by atoms with Crippen LogP contribution in [0.5, 0.6) is 0 Å². The van der Waals surface area contributed by atoms with Crippen LogP contribution in [0.1, 0.15) is 46.5 Å². The van der Waals surface area contributed by atoms with Gasteiger partial charge in [0.1, 0.15) is 5.60 Å². The molecule has 1 N–H and O–H groups in total. The topological polar surface area (TPSA) is 92.2 Å². The molecule has 3 aromatic heterocycles. The molecule has 2 aliphatic rings. The van der Waals surface area contributed by atoms with Crippen LogP contribution in [0.3, 0.4) is 0 Å². The second-order valence-electron chi connectivity index (χ2n) is 11.1. The van der Waals surface area contributed by atoms with Gasteiger partial charge in [-0.2, -0.15) is 5.10 Å². The van der Waals surface area contributed by atoms with Gasteiger partial charge in [0.05, 0.1) is 16.9 Å². The largest absolute Gasteiger partial charge is 0.444 e. The normalized spacial score (nSPS) is 21.4. The molecule has 9 heteroatoms. The molecule has 2 unspecified atom stereocenters. The number of aromatic nitrogens is 5. The van der Waals surface area contributed by atoms with Gasteiger partial charge in [-0.05, 0) is 82.9 Å². The molecule has 1 aromatic carbocycles. The fourth-order valence-corrected chi connectivity index (χ4v) is 5.89. The van der Waals surface area contributed by atoms with Gasteiger partial charge < -0.3 is 19.5 Å². The van der Waals surface area contributed by atoms with E-state index in [1.165, 1.54) is 0 Å². The number of aromatic amines is 1. The van der Waals surface area contributed by atoms with Crippen molar-refractivity contribution in [3.63, 3.8) is 0 Å². The van der Waals surface area contributed by atoms with Crippen molar-refractivity contribution in [3.05, 3.63) is 55.0 Å². The van der Waals surface area contributed by atoms with Gasteiger partial charge in [-0.3, -0.25) is 0 Å². The molecule has 6 rings (SSSR count). The number of nitrogens with zero attached hydrogens (tertiary/aromatic N) is 6. The molecular weight excluding hydrogens is 466 g/mol. The van der Waals surface area contributed by atoms with E-state index in [1.54, 1.807) is 6.20 Å². The molecular formula is C28H33N7O2. The summed E-state index contributed by atoms with van der Waals surface area (Å²) in [5.41, 5.74) is 3.36. The minimum absolute atomic E-state index is 0.181. The van der Waals surface area contributed by atoms with Crippen LogP contribution in [0.2, 0.25) is 0 Å². The van der Waals surface area contributed by atoms with E-state index in [2.05, 4.69) is 50.4 Å². The number of hydrogen-bond acceptors (Lipinski definition) is 6. The number of hydrogen-bond donors (Lipinski definition) is 1. The molecule has 192 valence electrons. The summed E-state index contributed by atoms with van der Waals surface area (Å²) >= 11 is 0. The van der Waals surface area contributed by atoms with Gasteiger partial charge in [0.15, 0.2) is 5.82 Å². The third-order valence-corrected chi connectivity index (χ3v) is 7.60. The van der Waals surface area contributed by atoms with E-state index >= 15 is 0 Å². The maximum atomic E-state index is 12.8. The van der Waals surface area contributed by atoms with Crippen LogP contribution < -0.4 is 4.90 Å². The summed E-state index contributed by atoms with van der Waals surface area (Å²) in [5, 5.41) is 14.7. The third kappa shape index (κ3) is 4.32. The van der Waals surface area contributed by atoms with Crippen LogP contribution in [0.15, 0.2) is 55.0 Å². The van der Waals surface area contributed by atoms with Crippen molar-refractivity contribution in [1.82, 2.24) is 29.9 Å². The number of amides is 1. The van der Waals surface area contributed by atoms with Crippen LogP contribution in [0.25, 0.3) is 27.8 Å². The van der Waals surface area contributed by atoms with Crippen LogP contribution in [-0.2, 0) is 4.74 Å². The van der Waals surface area contributed by atoms with Gasteiger partial charge in [-0.1, -0.05) is 0 Å². The van der Waals surface area contributed by atoms with Crippen LogP contribution in [-0.4, -0.2) is 66.7 Å². The van der Waals surface area contributed by atoms with E-state index in [0.29, 0.717) is 6.04 Å². The molecule has 9 nitrogen and oxygen atoms in total. The number of rotatable bonds is 4. The van der Waals surface area contributed by atoms with Crippen molar-refractivity contribution >= 4 is 22.8 Å². The monoisotopic (exact) mass is 499 g/mol. The minimum Gasteiger partial charge on any atom is -0.444 e. The Hall–Kier alpha value is -3.88. The lowest BCUT2D eigenvalue weighted by Crippen LogP contribution is -2.53. The Morgan fingerprint density at radius 3 is 2.51 bits per heavy atom. The lowest BCUT2D eigenvalue weighted by molar-refractivity contribution is 0.00597. The van der Waals surface area contributed by atoms with E-state index in [9.17, 15) is 4.79 Å². The van der Waals surface area contributed by atoms with Crippen molar-refractivity contribution in [2.24, 2.45) is 0 Å². The van der Waals surface area contributed by atoms with Crippen LogP contribution >= 0.6 is 0 Å². The molecule has 2 bridgehead atoms. The average Bonchev–Trinajstić information content (AvgIpc) is 3.62. The molecule has 0 radical (unpaired) electrons. The Balaban J connectivity index is 1.19. The van der Waals surface area contributed by atoms with Crippen molar-refractivity contribution in [1.29, 1.82) is 0 Å². The number of carbonyl (C=O) groups excluding carboxylic acids is 1. The fourth-order valence-electron chi connectivity index (χ4n) is 5.89. The number of carbonyl (C=O) groups is 1. The summed E-state index contributed by atoms with van der Waals surface area (Å²) < 4.78 is 7.56. The first-order chi connectivity index (χ1) is 17.8. The second-order valence-corrected chi connectivity index (χ2v) is 11.1. The molecule has 2 aliphatic heterocycles. The molecule has 5 heterocycles. The minimum atomic E-state index is -0.479. The first-order valence-corrected chi connectivity index (χ1v) is 13.0. The molecule has 0 saturated carbocycles. The number of piperidine rings is 1. The molecule has 37 heavy (non-hydrogen) atoms. The van der Waals surface area contributed by atoms with Crippen LogP contribution in [0.4, 0.5) is 10.6 Å². The highest BCUT2D eigenvalue weighted by Crippen LogP contribution is 2.39. The van der Waals surface area contributed by atoms with Crippen molar-refractivity contribution in [2.75, 3.05) is 11.9 Å². The quantitative estimate of drug-likeness (QED) is 0.416. The van der Waals surface area contributed by atoms with E-state index < -0.39 is 5.60 Å². The zero-order chi connectivity index (χ0) is 25.7. The van der Waals surface area contributed by atoms with E-state index in [1.807, 2.05) is 60.9 Å². The number of fused-ring (bicyclic) bond motifs is 3. The van der Waals surface area contributed by atoms with Gasteiger partial charge in [0.2, 0.25) is 0 Å². The summed E-state index contributed by atoms with van der Waals surface area (Å²) in [4.78, 5) is 20.4. The molecule has 1 amide bonds. The van der Waals surface area contributed by atoms with Crippen LogP contribution in [0, 0.1) is 0 Å². The van der Waals surface area contributed by atoms with Gasteiger partial charge in [0.25, 0.3) is 0 Å². The van der Waals surface area contributed by atoms with Crippen molar-refractivity contribution in [2.45, 2.75) is 70.2 Å². The molecule has 2 atom stereocenters. The molecule has 4 aromatic rings. The summed E-state index contributed by atoms with van der Waals surface area (Å²) in [5.74, 6) is 0.842. The predicted molar refractivity (Wildman–Crippen MR) is 143 cm³/mol. The highest BCUT2D eigenvalue weighted by molar-refractivity contribution is 5.98. The molecule has 2 saturated heterocycles. The summed E-state index contributed by atoms with van der Waals surface area (Å²) in [7, 11) is 2.08. The highest BCUT2D eigenvalue weighted by atomic mass is 16.6. The van der Waals surface area contributed by atoms with Gasteiger partial charge >= 0.3 is 6.09 Å². The number of anilines is 1. The Morgan fingerprint density at radius 1 is 1.08 bits per heavy atom.